The monoisotopic (exact) mass is 549 g/mol. The molecule has 0 amide bonds. The molecule has 0 unspecified atom stereocenters. The van der Waals surface area contributed by atoms with E-state index in [-0.39, 0.29) is 0 Å². The van der Waals surface area contributed by atoms with Crippen molar-refractivity contribution in [1.29, 1.82) is 0 Å². The lowest BCUT2D eigenvalue weighted by Gasteiger charge is -2.27. The number of rotatable bonds is 4. The van der Waals surface area contributed by atoms with Gasteiger partial charge in [0.2, 0.25) is 0 Å². The molecule has 0 bridgehead atoms. The lowest BCUT2D eigenvalue weighted by Crippen LogP contribution is -2.10. The molecule has 0 atom stereocenters. The third-order valence-corrected chi connectivity index (χ3v) is 8.16. The van der Waals surface area contributed by atoms with Gasteiger partial charge in [-0.15, -0.1) is 0 Å². The van der Waals surface area contributed by atoms with E-state index in [2.05, 4.69) is 166 Å². The predicted molar refractivity (Wildman–Crippen MR) is 167 cm³/mol. The molecule has 180 valence electrons. The fourth-order valence-corrected chi connectivity index (χ4v) is 6.26. The first-order valence-electron chi connectivity index (χ1n) is 12.8. The summed E-state index contributed by atoms with van der Waals surface area (Å²) in [6.07, 6.45) is 0. The highest BCUT2D eigenvalue weighted by Crippen LogP contribution is 2.43. The molecule has 0 aliphatic carbocycles. The highest BCUT2D eigenvalue weighted by molar-refractivity contribution is 9.10. The summed E-state index contributed by atoms with van der Waals surface area (Å²) in [5.74, 6) is 0. The van der Waals surface area contributed by atoms with Crippen LogP contribution in [0.25, 0.3) is 43.4 Å². The van der Waals surface area contributed by atoms with Crippen LogP contribution < -0.4 is 4.90 Å². The van der Waals surface area contributed by atoms with Crippen molar-refractivity contribution in [1.82, 2.24) is 0 Å². The van der Waals surface area contributed by atoms with Gasteiger partial charge >= 0.3 is 0 Å². The summed E-state index contributed by atoms with van der Waals surface area (Å²) >= 11 is 3.88. The van der Waals surface area contributed by atoms with Crippen molar-refractivity contribution < 1.29 is 0 Å². The SMILES string of the molecule is Brc1c2ccccc2c(-c2ccc(N(c3ccccc3)c3cccc4ccccc34)cc2)c2ccccc12. The highest BCUT2D eigenvalue weighted by Gasteiger charge is 2.17. The lowest BCUT2D eigenvalue weighted by molar-refractivity contribution is 1.30. The van der Waals surface area contributed by atoms with Crippen LogP contribution in [0.15, 0.2) is 150 Å². The molecular formula is C36H24BrN. The number of halogens is 1. The van der Waals surface area contributed by atoms with Gasteiger partial charge in [-0.1, -0.05) is 115 Å². The summed E-state index contributed by atoms with van der Waals surface area (Å²) in [7, 11) is 0. The Labute approximate surface area is 230 Å². The number of benzene rings is 7. The molecule has 0 aliphatic rings. The summed E-state index contributed by atoms with van der Waals surface area (Å²) in [5, 5.41) is 7.42. The van der Waals surface area contributed by atoms with Crippen molar-refractivity contribution >= 4 is 65.3 Å². The van der Waals surface area contributed by atoms with E-state index >= 15 is 0 Å². The highest BCUT2D eigenvalue weighted by atomic mass is 79.9. The Morgan fingerprint density at radius 1 is 0.395 bits per heavy atom. The van der Waals surface area contributed by atoms with Gasteiger partial charge in [0.25, 0.3) is 0 Å². The van der Waals surface area contributed by atoms with E-state index in [1.54, 1.807) is 0 Å². The van der Waals surface area contributed by atoms with Gasteiger partial charge in [0, 0.05) is 21.2 Å². The summed E-state index contributed by atoms with van der Waals surface area (Å²) < 4.78 is 1.15. The lowest BCUT2D eigenvalue weighted by atomic mass is 9.92. The van der Waals surface area contributed by atoms with Crippen LogP contribution in [-0.4, -0.2) is 0 Å². The molecule has 2 heteroatoms. The standard InChI is InChI=1S/C36H24BrN/c37-36-32-18-8-6-16-30(32)35(31-17-7-9-19-33(31)36)26-21-23-28(24-22-26)38(27-13-2-1-3-14-27)34-20-10-12-25-11-4-5-15-29(25)34/h1-24H. The topological polar surface area (TPSA) is 3.24 Å². The number of hydrogen-bond donors (Lipinski definition) is 0. The Bertz CT molecular complexity index is 1860. The van der Waals surface area contributed by atoms with E-state index < -0.39 is 0 Å². The Morgan fingerprint density at radius 2 is 0.895 bits per heavy atom. The van der Waals surface area contributed by atoms with E-state index in [0.29, 0.717) is 0 Å². The molecule has 0 N–H and O–H groups in total. The second kappa shape index (κ2) is 9.48. The fourth-order valence-electron chi connectivity index (χ4n) is 5.57. The minimum Gasteiger partial charge on any atom is -0.310 e. The maximum absolute atomic E-state index is 3.88. The quantitative estimate of drug-likeness (QED) is 0.197. The minimum absolute atomic E-state index is 1.13. The molecule has 38 heavy (non-hydrogen) atoms. The van der Waals surface area contributed by atoms with E-state index in [4.69, 9.17) is 0 Å². The van der Waals surface area contributed by atoms with Crippen LogP contribution in [0.1, 0.15) is 0 Å². The predicted octanol–water partition coefficient (Wildman–Crippen LogP) is 11.0. The smallest absolute Gasteiger partial charge is 0.0540 e. The fraction of sp³-hybridized carbons (Fsp3) is 0. The first-order valence-corrected chi connectivity index (χ1v) is 13.6. The molecule has 0 fully saturated rings. The number of hydrogen-bond acceptors (Lipinski definition) is 1. The van der Waals surface area contributed by atoms with Crippen molar-refractivity contribution in [3.8, 4) is 11.1 Å². The molecule has 7 rings (SSSR count). The average molecular weight is 550 g/mol. The van der Waals surface area contributed by atoms with E-state index in [0.717, 1.165) is 15.8 Å². The summed E-state index contributed by atoms with van der Waals surface area (Å²) in [5.41, 5.74) is 5.90. The molecule has 0 saturated carbocycles. The van der Waals surface area contributed by atoms with Crippen LogP contribution in [0.2, 0.25) is 0 Å². The van der Waals surface area contributed by atoms with Crippen molar-refractivity contribution in [2.24, 2.45) is 0 Å². The molecule has 0 aromatic heterocycles. The third-order valence-electron chi connectivity index (χ3n) is 7.30. The molecule has 0 heterocycles. The molecule has 0 spiro atoms. The molecule has 7 aromatic rings. The zero-order valence-electron chi connectivity index (χ0n) is 20.7. The van der Waals surface area contributed by atoms with Crippen LogP contribution in [0.3, 0.4) is 0 Å². The first-order chi connectivity index (χ1) is 18.8. The summed E-state index contributed by atoms with van der Waals surface area (Å²) in [4.78, 5) is 2.35. The zero-order valence-corrected chi connectivity index (χ0v) is 22.3. The van der Waals surface area contributed by atoms with Crippen LogP contribution >= 0.6 is 15.9 Å². The van der Waals surface area contributed by atoms with Gasteiger partial charge in [0.05, 0.1) is 5.69 Å². The Morgan fingerprint density at radius 3 is 1.55 bits per heavy atom. The number of anilines is 3. The molecule has 0 saturated heterocycles. The first kappa shape index (κ1) is 22.8. The van der Waals surface area contributed by atoms with Crippen LogP contribution in [0.5, 0.6) is 0 Å². The normalized spacial score (nSPS) is 11.3. The van der Waals surface area contributed by atoms with Gasteiger partial charge in [-0.2, -0.15) is 0 Å². The van der Waals surface area contributed by atoms with Gasteiger partial charge in [-0.3, -0.25) is 0 Å². The Kier molecular flexibility index (Phi) is 5.68. The van der Waals surface area contributed by atoms with E-state index in [1.807, 2.05) is 0 Å². The van der Waals surface area contributed by atoms with Gasteiger partial charge in [0.15, 0.2) is 0 Å². The van der Waals surface area contributed by atoms with Crippen molar-refractivity contribution in [2.75, 3.05) is 4.90 Å². The van der Waals surface area contributed by atoms with Crippen LogP contribution in [-0.2, 0) is 0 Å². The third kappa shape index (κ3) is 3.77. The van der Waals surface area contributed by atoms with Gasteiger partial charge < -0.3 is 4.90 Å². The van der Waals surface area contributed by atoms with Crippen LogP contribution in [0, 0.1) is 0 Å². The average Bonchev–Trinajstić information content (AvgIpc) is 2.99. The number of para-hydroxylation sites is 1. The number of nitrogens with zero attached hydrogens (tertiary/aromatic N) is 1. The van der Waals surface area contributed by atoms with Gasteiger partial charge in [0.1, 0.15) is 0 Å². The maximum atomic E-state index is 3.88. The summed E-state index contributed by atoms with van der Waals surface area (Å²) in [6.45, 7) is 0. The van der Waals surface area contributed by atoms with Gasteiger partial charge in [-0.25, -0.2) is 0 Å². The van der Waals surface area contributed by atoms with Crippen molar-refractivity contribution in [3.63, 3.8) is 0 Å². The number of fused-ring (bicyclic) bond motifs is 3. The largest absolute Gasteiger partial charge is 0.310 e. The molecule has 0 aliphatic heterocycles. The molecule has 1 nitrogen and oxygen atoms in total. The van der Waals surface area contributed by atoms with Gasteiger partial charge in [-0.05, 0) is 84.3 Å². The Balaban J connectivity index is 1.43. The second-order valence-corrected chi connectivity index (χ2v) is 10.3. The minimum atomic E-state index is 1.13. The molecular weight excluding hydrogens is 526 g/mol. The zero-order chi connectivity index (χ0) is 25.5. The van der Waals surface area contributed by atoms with Crippen molar-refractivity contribution in [2.45, 2.75) is 0 Å². The second-order valence-electron chi connectivity index (χ2n) is 9.50. The summed E-state index contributed by atoms with van der Waals surface area (Å²) in [6, 6.07) is 52.0. The van der Waals surface area contributed by atoms with E-state index in [1.165, 1.54) is 49.1 Å². The maximum Gasteiger partial charge on any atom is 0.0540 e. The Hall–Kier alpha value is -4.40. The molecule has 0 radical (unpaired) electrons. The molecule has 7 aromatic carbocycles. The van der Waals surface area contributed by atoms with Crippen LogP contribution in [0.4, 0.5) is 17.1 Å². The van der Waals surface area contributed by atoms with Crippen molar-refractivity contribution in [3.05, 3.63) is 150 Å². The van der Waals surface area contributed by atoms with E-state index in [9.17, 15) is 0 Å².